The number of ether oxygens (including phenoxy) is 2. The minimum Gasteiger partial charge on any atom is -0.462 e. The van der Waals surface area contributed by atoms with Gasteiger partial charge in [0.25, 0.3) is 0 Å². The summed E-state index contributed by atoms with van der Waals surface area (Å²) >= 11 is 0. The van der Waals surface area contributed by atoms with Gasteiger partial charge in [-0.05, 0) is 96.3 Å². The molecule has 0 aromatic heterocycles. The minimum atomic E-state index is -4.41. The van der Waals surface area contributed by atoms with Gasteiger partial charge in [0.1, 0.15) is 6.61 Å². The van der Waals surface area contributed by atoms with Gasteiger partial charge in [0.05, 0.1) is 13.2 Å². The van der Waals surface area contributed by atoms with E-state index in [-0.39, 0.29) is 32.6 Å². The Hall–Kier alpha value is -3.07. The van der Waals surface area contributed by atoms with Gasteiger partial charge in [-0.25, -0.2) is 4.57 Å². The van der Waals surface area contributed by atoms with Crippen LogP contribution in [0.1, 0.15) is 284 Å². The minimum absolute atomic E-state index is 0.0425. The van der Waals surface area contributed by atoms with Gasteiger partial charge in [-0.3, -0.25) is 18.6 Å². The van der Waals surface area contributed by atoms with Crippen LogP contribution in [0.4, 0.5) is 0 Å². The van der Waals surface area contributed by atoms with E-state index in [0.717, 1.165) is 77.0 Å². The Bertz CT molecular complexity index is 1580. The standard InChI is InChI=1S/C67H118NO8P/c1-3-5-7-9-11-13-15-17-19-21-23-25-26-27-28-29-30-31-32-33-34-35-36-37-38-40-41-43-45-47-49-51-53-55-57-59-66(69)73-63-65(64-75-77(71,72)74-62-61-68)76-67(70)60-58-56-54-52-50-48-46-44-42-39-24-22-20-18-16-14-12-10-8-6-4-2/h6,8,12,14-15,17-18,20-21,23-24,39,44,46,50,52,65H,3-5,7,9-11,13,16,19,22,25-38,40-43,45,47-49,51,53-64,68H2,1-2H3,(H,71,72)/b8-6-,14-12-,17-15-,20-18-,23-21-,39-24-,46-44-,52-50-. The second kappa shape index (κ2) is 62.1. The van der Waals surface area contributed by atoms with E-state index >= 15 is 0 Å². The lowest BCUT2D eigenvalue weighted by atomic mass is 10.0. The van der Waals surface area contributed by atoms with Gasteiger partial charge in [-0.15, -0.1) is 0 Å². The van der Waals surface area contributed by atoms with Crippen molar-refractivity contribution in [2.75, 3.05) is 26.4 Å². The van der Waals surface area contributed by atoms with Crippen molar-refractivity contribution in [3.05, 3.63) is 97.2 Å². The lowest BCUT2D eigenvalue weighted by Crippen LogP contribution is -2.29. The Kier molecular flexibility index (Phi) is 59.7. The summed E-state index contributed by atoms with van der Waals surface area (Å²) in [7, 11) is -4.41. The van der Waals surface area contributed by atoms with Gasteiger partial charge < -0.3 is 20.1 Å². The van der Waals surface area contributed by atoms with E-state index < -0.39 is 32.5 Å². The van der Waals surface area contributed by atoms with Crippen molar-refractivity contribution in [1.29, 1.82) is 0 Å². The Balaban J connectivity index is 3.90. The molecule has 0 spiro atoms. The molecule has 2 atom stereocenters. The molecule has 0 radical (unpaired) electrons. The first kappa shape index (κ1) is 73.9. The lowest BCUT2D eigenvalue weighted by molar-refractivity contribution is -0.161. The van der Waals surface area contributed by atoms with E-state index in [4.69, 9.17) is 24.3 Å². The van der Waals surface area contributed by atoms with Crippen molar-refractivity contribution in [2.45, 2.75) is 290 Å². The topological polar surface area (TPSA) is 134 Å². The predicted molar refractivity (Wildman–Crippen MR) is 330 cm³/mol. The molecule has 3 N–H and O–H groups in total. The highest BCUT2D eigenvalue weighted by Crippen LogP contribution is 2.43. The van der Waals surface area contributed by atoms with Crippen molar-refractivity contribution in [2.24, 2.45) is 5.73 Å². The summed E-state index contributed by atoms with van der Waals surface area (Å²) in [6, 6.07) is 0. The molecule has 9 nitrogen and oxygen atoms in total. The van der Waals surface area contributed by atoms with Gasteiger partial charge in [-0.1, -0.05) is 272 Å². The third-order valence-corrected chi connectivity index (χ3v) is 14.4. The molecule has 0 fully saturated rings. The molecule has 10 heteroatoms. The molecule has 2 unspecified atom stereocenters. The van der Waals surface area contributed by atoms with E-state index in [1.807, 2.05) is 0 Å². The first-order valence-electron chi connectivity index (χ1n) is 31.7. The van der Waals surface area contributed by atoms with Crippen LogP contribution < -0.4 is 5.73 Å². The van der Waals surface area contributed by atoms with Crippen molar-refractivity contribution >= 4 is 19.8 Å². The van der Waals surface area contributed by atoms with Crippen LogP contribution in [-0.4, -0.2) is 49.3 Å². The maximum Gasteiger partial charge on any atom is 0.472 e. The monoisotopic (exact) mass is 1100 g/mol. The van der Waals surface area contributed by atoms with Crippen LogP contribution in [0.5, 0.6) is 0 Å². The highest BCUT2D eigenvalue weighted by molar-refractivity contribution is 7.47. The van der Waals surface area contributed by atoms with Crippen LogP contribution in [-0.2, 0) is 32.7 Å². The van der Waals surface area contributed by atoms with E-state index in [9.17, 15) is 19.0 Å². The molecule has 0 rings (SSSR count). The van der Waals surface area contributed by atoms with Crippen LogP contribution in [0.2, 0.25) is 0 Å². The Morgan fingerprint density at radius 1 is 0.403 bits per heavy atom. The van der Waals surface area contributed by atoms with Crippen molar-refractivity contribution in [3.8, 4) is 0 Å². The maximum absolute atomic E-state index is 12.7. The second-order valence-corrected chi connectivity index (χ2v) is 22.3. The summed E-state index contributed by atoms with van der Waals surface area (Å²) < 4.78 is 33.0. The zero-order chi connectivity index (χ0) is 55.9. The average Bonchev–Trinajstić information content (AvgIpc) is 3.42. The zero-order valence-electron chi connectivity index (χ0n) is 49.7. The fourth-order valence-corrected chi connectivity index (χ4v) is 9.55. The molecule has 0 aliphatic rings. The molecular formula is C67H118NO8P. The highest BCUT2D eigenvalue weighted by Gasteiger charge is 2.26. The number of rotatable bonds is 59. The number of carbonyl (C=O) groups excluding carboxylic acids is 2. The number of hydrogen-bond donors (Lipinski definition) is 2. The van der Waals surface area contributed by atoms with Crippen LogP contribution in [0.15, 0.2) is 97.2 Å². The zero-order valence-corrected chi connectivity index (χ0v) is 50.6. The van der Waals surface area contributed by atoms with Crippen LogP contribution >= 0.6 is 7.82 Å². The molecule has 0 aliphatic heterocycles. The SMILES string of the molecule is CC/C=C\C/C=C\C/C=C\C/C=C\C/C=C\C/C=C\CCCCC(=O)OC(COC(=O)CCCCCCCCCCCCCCCCCCCCCCCCC/C=C\C/C=C\CCCCCCC)COP(=O)(O)OCCN. The van der Waals surface area contributed by atoms with Gasteiger partial charge in [0, 0.05) is 19.4 Å². The Morgan fingerprint density at radius 3 is 1.09 bits per heavy atom. The van der Waals surface area contributed by atoms with Gasteiger partial charge in [0.2, 0.25) is 0 Å². The summed E-state index contributed by atoms with van der Waals surface area (Å²) in [6.45, 7) is 3.59. The fourth-order valence-electron chi connectivity index (χ4n) is 8.79. The molecule has 444 valence electrons. The largest absolute Gasteiger partial charge is 0.472 e. The Labute approximate surface area is 474 Å². The van der Waals surface area contributed by atoms with E-state index in [1.165, 1.54) is 173 Å². The molecule has 0 bridgehead atoms. The number of phosphoric ester groups is 1. The third kappa shape index (κ3) is 62.0. The van der Waals surface area contributed by atoms with Crippen molar-refractivity contribution in [1.82, 2.24) is 0 Å². The highest BCUT2D eigenvalue weighted by atomic mass is 31.2. The number of hydrogen-bond acceptors (Lipinski definition) is 8. The van der Waals surface area contributed by atoms with Gasteiger partial charge >= 0.3 is 19.8 Å². The molecule has 0 aromatic carbocycles. The summed E-state index contributed by atoms with van der Waals surface area (Å²) in [5.74, 6) is -0.875. The van der Waals surface area contributed by atoms with Gasteiger partial charge in [-0.2, -0.15) is 0 Å². The van der Waals surface area contributed by atoms with Crippen LogP contribution in [0.25, 0.3) is 0 Å². The quantitative estimate of drug-likeness (QED) is 0.0264. The molecule has 0 aliphatic carbocycles. The average molecular weight is 1100 g/mol. The Morgan fingerprint density at radius 2 is 0.714 bits per heavy atom. The molecule has 77 heavy (non-hydrogen) atoms. The summed E-state index contributed by atoms with van der Waals surface area (Å²) in [5, 5.41) is 0. The summed E-state index contributed by atoms with van der Waals surface area (Å²) in [6.07, 6.45) is 83.6. The van der Waals surface area contributed by atoms with Crippen molar-refractivity contribution in [3.63, 3.8) is 0 Å². The van der Waals surface area contributed by atoms with Crippen LogP contribution in [0, 0.1) is 0 Å². The molecule has 0 saturated carbocycles. The first-order valence-corrected chi connectivity index (χ1v) is 33.2. The molecule has 0 aromatic rings. The predicted octanol–water partition coefficient (Wildman–Crippen LogP) is 20.4. The second-order valence-electron chi connectivity index (χ2n) is 20.9. The number of nitrogens with two attached hydrogens (primary N) is 1. The molecule has 0 saturated heterocycles. The normalized spacial score (nSPS) is 13.7. The first-order chi connectivity index (χ1) is 37.8. The number of phosphoric acid groups is 1. The number of carbonyl (C=O) groups is 2. The number of esters is 2. The van der Waals surface area contributed by atoms with Crippen molar-refractivity contribution < 1.29 is 37.6 Å². The number of unbranched alkanes of at least 4 members (excludes halogenated alkanes) is 30. The fraction of sp³-hybridized carbons (Fsp3) is 0.731. The van der Waals surface area contributed by atoms with Crippen LogP contribution in [0.3, 0.4) is 0 Å². The smallest absolute Gasteiger partial charge is 0.462 e. The van der Waals surface area contributed by atoms with E-state index in [1.54, 1.807) is 0 Å². The molecule has 0 amide bonds. The van der Waals surface area contributed by atoms with E-state index in [0.29, 0.717) is 6.42 Å². The summed E-state index contributed by atoms with van der Waals surface area (Å²) in [5.41, 5.74) is 5.38. The molecular weight excluding hydrogens is 978 g/mol. The van der Waals surface area contributed by atoms with Gasteiger partial charge in [0.15, 0.2) is 6.10 Å². The maximum atomic E-state index is 12.7. The third-order valence-electron chi connectivity index (χ3n) is 13.5. The lowest BCUT2D eigenvalue weighted by Gasteiger charge is -2.19. The number of allylic oxidation sites excluding steroid dienone is 16. The summed E-state index contributed by atoms with van der Waals surface area (Å²) in [4.78, 5) is 35.2. The molecule has 0 heterocycles. The van der Waals surface area contributed by atoms with E-state index in [2.05, 4.69) is 111 Å².